The monoisotopic (exact) mass is 659 g/mol. The molecular weight excluding hydrogens is 622 g/mol. The van der Waals surface area contributed by atoms with Crippen molar-refractivity contribution in [2.24, 2.45) is 0 Å². The van der Waals surface area contributed by atoms with Crippen LogP contribution in [0.25, 0.3) is 0 Å². The van der Waals surface area contributed by atoms with Crippen molar-refractivity contribution < 1.29 is 14.2 Å². The third kappa shape index (κ3) is 7.59. The topological polar surface area (TPSA) is 82.9 Å². The SMILES string of the molecule is COc1ccc(CNc2nc3c(cc2N(Cc2ccc(OC)cc2)Cc2ccc(OC)cc2)CN(c2ccc(C#N)cc2Cl)CC3)cc1. The molecule has 6 rings (SSSR count). The molecule has 1 aliphatic heterocycles. The van der Waals surface area contributed by atoms with E-state index in [-0.39, 0.29) is 0 Å². The van der Waals surface area contributed by atoms with Crippen LogP contribution >= 0.6 is 11.6 Å². The molecule has 0 fully saturated rings. The molecule has 9 heteroatoms. The summed E-state index contributed by atoms with van der Waals surface area (Å²) in [5, 5.41) is 13.6. The van der Waals surface area contributed by atoms with Gasteiger partial charge in [0, 0.05) is 44.8 Å². The molecule has 0 atom stereocenters. The number of nitrogens with one attached hydrogen (secondary N) is 1. The van der Waals surface area contributed by atoms with Crippen LogP contribution in [0.5, 0.6) is 17.2 Å². The number of aromatic nitrogens is 1. The lowest BCUT2D eigenvalue weighted by Crippen LogP contribution is -2.32. The predicted molar refractivity (Wildman–Crippen MR) is 191 cm³/mol. The minimum atomic E-state index is 0.547. The van der Waals surface area contributed by atoms with E-state index in [1.165, 1.54) is 0 Å². The second kappa shape index (κ2) is 15.0. The summed E-state index contributed by atoms with van der Waals surface area (Å²) in [4.78, 5) is 9.90. The van der Waals surface area contributed by atoms with Crippen molar-refractivity contribution >= 4 is 28.8 Å². The largest absolute Gasteiger partial charge is 0.497 e. The standard InChI is InChI=1S/C39H38ClN5O3/c1-46-32-11-4-27(5-12-32)23-42-39-38(21-31-26-44(19-18-36(31)43-39)37-17-10-30(22-41)20-35(37)40)45(24-28-6-13-33(47-2)14-7-28)25-29-8-15-34(48-3)16-9-29/h4-17,20-21H,18-19,23-26H2,1-3H3,(H,42,43). The molecule has 48 heavy (non-hydrogen) atoms. The zero-order valence-electron chi connectivity index (χ0n) is 27.4. The number of halogens is 1. The molecule has 0 saturated carbocycles. The van der Waals surface area contributed by atoms with Gasteiger partial charge in [-0.1, -0.05) is 48.0 Å². The molecule has 4 aromatic carbocycles. The van der Waals surface area contributed by atoms with E-state index in [9.17, 15) is 5.26 Å². The molecule has 1 aromatic heterocycles. The number of nitriles is 1. The summed E-state index contributed by atoms with van der Waals surface area (Å²) in [6.45, 7) is 3.33. The third-order valence-corrected chi connectivity index (χ3v) is 8.90. The Morgan fingerprint density at radius 2 is 1.35 bits per heavy atom. The van der Waals surface area contributed by atoms with Crippen molar-refractivity contribution in [2.75, 3.05) is 43.0 Å². The van der Waals surface area contributed by atoms with Crippen molar-refractivity contribution in [3.05, 3.63) is 136 Å². The number of anilines is 3. The Balaban J connectivity index is 1.39. The van der Waals surface area contributed by atoms with Gasteiger partial charge in [-0.25, -0.2) is 4.98 Å². The van der Waals surface area contributed by atoms with Crippen LogP contribution in [0.15, 0.2) is 97.1 Å². The zero-order chi connectivity index (χ0) is 33.5. The Hall–Kier alpha value is -5.39. The quantitative estimate of drug-likeness (QED) is 0.144. The lowest BCUT2D eigenvalue weighted by Gasteiger charge is -2.34. The molecule has 1 aliphatic rings. The van der Waals surface area contributed by atoms with Gasteiger partial charge in [-0.15, -0.1) is 0 Å². The van der Waals surface area contributed by atoms with Gasteiger partial charge in [0.1, 0.15) is 23.1 Å². The lowest BCUT2D eigenvalue weighted by molar-refractivity contribution is 0.414. The van der Waals surface area contributed by atoms with Crippen molar-refractivity contribution in [3.63, 3.8) is 0 Å². The molecule has 0 aliphatic carbocycles. The Morgan fingerprint density at radius 3 is 1.88 bits per heavy atom. The van der Waals surface area contributed by atoms with Gasteiger partial charge in [-0.05, 0) is 82.9 Å². The molecule has 0 unspecified atom stereocenters. The summed E-state index contributed by atoms with van der Waals surface area (Å²) >= 11 is 6.67. The Kier molecular flexibility index (Phi) is 10.2. The number of rotatable bonds is 12. The minimum absolute atomic E-state index is 0.547. The molecule has 0 radical (unpaired) electrons. The number of hydrogen-bond acceptors (Lipinski definition) is 8. The number of pyridine rings is 1. The van der Waals surface area contributed by atoms with Gasteiger partial charge in [-0.2, -0.15) is 5.26 Å². The molecule has 5 aromatic rings. The highest BCUT2D eigenvalue weighted by Gasteiger charge is 2.24. The van der Waals surface area contributed by atoms with Crippen LogP contribution in [-0.2, 0) is 32.6 Å². The van der Waals surface area contributed by atoms with Crippen LogP contribution in [0.1, 0.15) is 33.5 Å². The van der Waals surface area contributed by atoms with E-state index in [2.05, 4.69) is 63.7 Å². The van der Waals surface area contributed by atoms with E-state index in [4.69, 9.17) is 30.8 Å². The van der Waals surface area contributed by atoms with Gasteiger partial charge in [0.05, 0.1) is 49.4 Å². The fourth-order valence-corrected chi connectivity index (χ4v) is 6.23. The fraction of sp³-hybridized carbons (Fsp3) is 0.231. The first-order chi connectivity index (χ1) is 23.5. The molecule has 1 N–H and O–H groups in total. The number of nitrogens with zero attached hydrogens (tertiary/aromatic N) is 4. The van der Waals surface area contributed by atoms with Gasteiger partial charge >= 0.3 is 0 Å². The maximum Gasteiger partial charge on any atom is 0.150 e. The first-order valence-corrected chi connectivity index (χ1v) is 16.2. The van der Waals surface area contributed by atoms with Crippen LogP contribution < -0.4 is 29.3 Å². The molecule has 0 saturated heterocycles. The van der Waals surface area contributed by atoms with E-state index in [1.807, 2.05) is 48.5 Å². The van der Waals surface area contributed by atoms with Crippen LogP contribution in [0, 0.1) is 11.3 Å². The summed E-state index contributed by atoms with van der Waals surface area (Å²) < 4.78 is 16.2. The van der Waals surface area contributed by atoms with E-state index < -0.39 is 0 Å². The van der Waals surface area contributed by atoms with E-state index in [0.717, 1.165) is 75.4 Å². The lowest BCUT2D eigenvalue weighted by atomic mass is 10.0. The minimum Gasteiger partial charge on any atom is -0.497 e. The normalized spacial score (nSPS) is 12.1. The van der Waals surface area contributed by atoms with Crippen molar-refractivity contribution in [1.29, 1.82) is 5.26 Å². The second-order valence-corrected chi connectivity index (χ2v) is 12.1. The van der Waals surface area contributed by atoms with Crippen molar-refractivity contribution in [2.45, 2.75) is 32.6 Å². The Labute approximate surface area is 287 Å². The summed E-state index contributed by atoms with van der Waals surface area (Å²) in [5.74, 6) is 3.29. The van der Waals surface area contributed by atoms with Gasteiger partial charge < -0.3 is 29.3 Å². The van der Waals surface area contributed by atoms with Crippen molar-refractivity contribution in [1.82, 2.24) is 4.98 Å². The van der Waals surface area contributed by atoms with Crippen LogP contribution in [0.4, 0.5) is 17.2 Å². The average molecular weight is 660 g/mol. The highest BCUT2D eigenvalue weighted by Crippen LogP contribution is 2.36. The molecule has 0 bridgehead atoms. The smallest absolute Gasteiger partial charge is 0.150 e. The molecule has 0 amide bonds. The Morgan fingerprint density at radius 1 is 0.792 bits per heavy atom. The summed E-state index contributed by atoms with van der Waals surface area (Å²) in [5.41, 5.74) is 8.08. The summed E-state index contributed by atoms with van der Waals surface area (Å²) in [6, 6.07) is 34.4. The number of fused-ring (bicyclic) bond motifs is 1. The molecule has 244 valence electrons. The zero-order valence-corrected chi connectivity index (χ0v) is 28.1. The molecule has 0 spiro atoms. The highest BCUT2D eigenvalue weighted by atomic mass is 35.5. The molecule has 2 heterocycles. The van der Waals surface area contributed by atoms with Crippen LogP contribution in [0.3, 0.4) is 0 Å². The molecular formula is C39H38ClN5O3. The van der Waals surface area contributed by atoms with E-state index in [0.29, 0.717) is 36.8 Å². The number of ether oxygens (including phenoxy) is 3. The van der Waals surface area contributed by atoms with Crippen LogP contribution in [-0.4, -0.2) is 32.9 Å². The maximum absolute atomic E-state index is 9.35. The second-order valence-electron chi connectivity index (χ2n) is 11.7. The maximum atomic E-state index is 9.35. The summed E-state index contributed by atoms with van der Waals surface area (Å²) in [7, 11) is 5.03. The average Bonchev–Trinajstić information content (AvgIpc) is 3.13. The first kappa shape index (κ1) is 32.5. The summed E-state index contributed by atoms with van der Waals surface area (Å²) in [6.07, 6.45) is 0.764. The number of methoxy groups -OCH3 is 3. The highest BCUT2D eigenvalue weighted by molar-refractivity contribution is 6.33. The van der Waals surface area contributed by atoms with Crippen LogP contribution in [0.2, 0.25) is 5.02 Å². The number of hydrogen-bond donors (Lipinski definition) is 1. The van der Waals surface area contributed by atoms with Gasteiger partial charge in [0.25, 0.3) is 0 Å². The third-order valence-electron chi connectivity index (χ3n) is 8.59. The van der Waals surface area contributed by atoms with E-state index in [1.54, 1.807) is 27.4 Å². The predicted octanol–water partition coefficient (Wildman–Crippen LogP) is 8.01. The first-order valence-electron chi connectivity index (χ1n) is 15.8. The number of benzene rings is 4. The van der Waals surface area contributed by atoms with Crippen molar-refractivity contribution in [3.8, 4) is 23.3 Å². The molecule has 8 nitrogen and oxygen atoms in total. The van der Waals surface area contributed by atoms with Gasteiger partial charge in [-0.3, -0.25) is 0 Å². The van der Waals surface area contributed by atoms with E-state index >= 15 is 0 Å². The van der Waals surface area contributed by atoms with Gasteiger partial charge in [0.2, 0.25) is 0 Å². The van der Waals surface area contributed by atoms with Gasteiger partial charge in [0.15, 0.2) is 0 Å². The Bertz CT molecular complexity index is 1840. The fourth-order valence-electron chi connectivity index (χ4n) is 5.93.